The molecule has 0 amide bonds. The Morgan fingerprint density at radius 2 is 1.81 bits per heavy atom. The van der Waals surface area contributed by atoms with E-state index < -0.39 is 12.0 Å². The molecule has 0 radical (unpaired) electrons. The van der Waals surface area contributed by atoms with Crippen LogP contribution in [0.2, 0.25) is 0 Å². The first-order valence-electron chi connectivity index (χ1n) is 11.2. The molecule has 184 valence electrons. The Kier molecular flexibility index (Phi) is 8.07. The van der Waals surface area contributed by atoms with Crippen molar-refractivity contribution in [1.82, 2.24) is 4.57 Å². The number of aromatic nitrogens is 1. The molecule has 6 nitrogen and oxygen atoms in total. The fourth-order valence-electron chi connectivity index (χ4n) is 3.86. The number of carbonyl (C=O) groups is 1. The third-order valence-corrected chi connectivity index (χ3v) is 7.28. The monoisotopic (exact) mass is 518 g/mol. The van der Waals surface area contributed by atoms with Crippen LogP contribution in [0.5, 0.6) is 5.75 Å². The van der Waals surface area contributed by atoms with Gasteiger partial charge in [0.25, 0.3) is 5.56 Å². The molecule has 0 N–H and O–H groups in total. The molecular formula is C28H26N2O4S2. The van der Waals surface area contributed by atoms with Crippen molar-refractivity contribution in [2.24, 2.45) is 4.99 Å². The molecule has 3 aromatic rings. The molecule has 0 bridgehead atoms. The SMILES string of the molecule is C=CCOC(=O)C1=C(C)N=c2sc(=Cc3ccc(OCC=C)cc3)c(=O)n2C1c1ccc(SC)cc1. The zero-order chi connectivity index (χ0) is 25.7. The van der Waals surface area contributed by atoms with E-state index in [1.807, 2.05) is 60.9 Å². The first-order chi connectivity index (χ1) is 17.5. The fourth-order valence-corrected chi connectivity index (χ4v) is 5.32. The quantitative estimate of drug-likeness (QED) is 0.241. The number of esters is 1. The smallest absolute Gasteiger partial charge is 0.338 e. The van der Waals surface area contributed by atoms with Gasteiger partial charge < -0.3 is 9.47 Å². The highest BCUT2D eigenvalue weighted by Crippen LogP contribution is 2.31. The number of hydrogen-bond donors (Lipinski definition) is 0. The summed E-state index contributed by atoms with van der Waals surface area (Å²) in [4.78, 5) is 33.0. The minimum absolute atomic E-state index is 0.0741. The van der Waals surface area contributed by atoms with E-state index in [1.54, 1.807) is 29.3 Å². The van der Waals surface area contributed by atoms with Gasteiger partial charge in [0.2, 0.25) is 0 Å². The molecule has 0 fully saturated rings. The number of rotatable bonds is 9. The van der Waals surface area contributed by atoms with Gasteiger partial charge in [-0.25, -0.2) is 9.79 Å². The number of allylic oxidation sites excluding steroid dienone is 1. The summed E-state index contributed by atoms with van der Waals surface area (Å²) in [5.41, 5.74) is 2.32. The summed E-state index contributed by atoms with van der Waals surface area (Å²) in [5, 5.41) is 0. The Labute approximate surface area is 217 Å². The van der Waals surface area contributed by atoms with Crippen LogP contribution in [0.15, 0.2) is 99.8 Å². The van der Waals surface area contributed by atoms with E-state index in [9.17, 15) is 9.59 Å². The third-order valence-electron chi connectivity index (χ3n) is 5.55. The van der Waals surface area contributed by atoms with Gasteiger partial charge in [-0.3, -0.25) is 9.36 Å². The van der Waals surface area contributed by atoms with Crippen molar-refractivity contribution in [1.29, 1.82) is 0 Å². The van der Waals surface area contributed by atoms with Crippen LogP contribution in [0.4, 0.5) is 0 Å². The Bertz CT molecular complexity index is 1500. The maximum Gasteiger partial charge on any atom is 0.338 e. The van der Waals surface area contributed by atoms with Crippen molar-refractivity contribution in [3.63, 3.8) is 0 Å². The molecule has 0 saturated carbocycles. The third kappa shape index (κ3) is 5.29. The molecule has 8 heteroatoms. The van der Waals surface area contributed by atoms with Crippen molar-refractivity contribution < 1.29 is 14.3 Å². The maximum atomic E-state index is 13.7. The van der Waals surface area contributed by atoms with E-state index in [-0.39, 0.29) is 12.2 Å². The lowest BCUT2D eigenvalue weighted by Crippen LogP contribution is -2.39. The molecule has 36 heavy (non-hydrogen) atoms. The van der Waals surface area contributed by atoms with Crippen LogP contribution in [0.3, 0.4) is 0 Å². The number of thioether (sulfide) groups is 1. The van der Waals surface area contributed by atoms with Crippen LogP contribution in [-0.2, 0) is 9.53 Å². The van der Waals surface area contributed by atoms with E-state index in [4.69, 9.17) is 9.47 Å². The average Bonchev–Trinajstić information content (AvgIpc) is 3.20. The average molecular weight is 519 g/mol. The van der Waals surface area contributed by atoms with Gasteiger partial charge in [-0.1, -0.05) is 60.9 Å². The van der Waals surface area contributed by atoms with Gasteiger partial charge in [0, 0.05) is 4.90 Å². The molecule has 1 unspecified atom stereocenters. The highest BCUT2D eigenvalue weighted by Gasteiger charge is 2.33. The Balaban J connectivity index is 1.83. The van der Waals surface area contributed by atoms with Gasteiger partial charge in [-0.15, -0.1) is 11.8 Å². The number of ether oxygens (including phenoxy) is 2. The Hall–Kier alpha value is -3.62. The molecule has 2 heterocycles. The zero-order valence-corrected chi connectivity index (χ0v) is 21.7. The Morgan fingerprint density at radius 1 is 1.11 bits per heavy atom. The van der Waals surface area contributed by atoms with Crippen LogP contribution in [0.25, 0.3) is 6.08 Å². The summed E-state index contributed by atoms with van der Waals surface area (Å²) in [6.45, 7) is 9.54. The highest BCUT2D eigenvalue weighted by atomic mass is 32.2. The van der Waals surface area contributed by atoms with Crippen molar-refractivity contribution in [2.75, 3.05) is 19.5 Å². The molecule has 0 saturated heterocycles. The number of carbonyl (C=O) groups excluding carboxylic acids is 1. The van der Waals surface area contributed by atoms with Crippen molar-refractivity contribution in [2.45, 2.75) is 17.9 Å². The van der Waals surface area contributed by atoms with Crippen LogP contribution in [0.1, 0.15) is 24.1 Å². The van der Waals surface area contributed by atoms with Crippen LogP contribution in [-0.4, -0.2) is 30.0 Å². The molecule has 2 aromatic carbocycles. The summed E-state index contributed by atoms with van der Waals surface area (Å²) in [6, 6.07) is 14.7. The van der Waals surface area contributed by atoms with Crippen molar-refractivity contribution in [3.05, 3.63) is 116 Å². The fraction of sp³-hybridized carbons (Fsp3) is 0.179. The lowest BCUT2D eigenvalue weighted by atomic mass is 9.96. The number of thiazole rings is 1. The first-order valence-corrected chi connectivity index (χ1v) is 13.3. The lowest BCUT2D eigenvalue weighted by Gasteiger charge is -2.24. The summed E-state index contributed by atoms with van der Waals surface area (Å²) in [5.74, 6) is 0.208. The molecule has 1 aliphatic heterocycles. The number of hydrogen-bond acceptors (Lipinski definition) is 7. The zero-order valence-electron chi connectivity index (χ0n) is 20.1. The lowest BCUT2D eigenvalue weighted by molar-refractivity contribution is -0.138. The summed E-state index contributed by atoms with van der Waals surface area (Å²) in [6.07, 6.45) is 7.02. The number of fused-ring (bicyclic) bond motifs is 1. The van der Waals surface area contributed by atoms with Gasteiger partial charge in [-0.2, -0.15) is 0 Å². The van der Waals surface area contributed by atoms with E-state index in [0.29, 0.717) is 27.2 Å². The van der Waals surface area contributed by atoms with Gasteiger partial charge in [0.15, 0.2) is 4.80 Å². The standard InChI is InChI=1S/C28H26N2O4S2/c1-5-15-33-21-11-7-19(8-12-21)17-23-26(31)30-25(20-9-13-22(35-4)14-10-20)24(27(32)34-16-6-2)18(3)29-28(30)36-23/h5-14,17,25H,1-2,15-16H2,3-4H3. The first kappa shape index (κ1) is 25.5. The van der Waals surface area contributed by atoms with Gasteiger partial charge in [-0.05, 0) is 54.6 Å². The summed E-state index contributed by atoms with van der Waals surface area (Å²) < 4.78 is 13.0. The largest absolute Gasteiger partial charge is 0.490 e. The second-order valence-corrected chi connectivity index (χ2v) is 9.80. The summed E-state index contributed by atoms with van der Waals surface area (Å²) in [7, 11) is 0. The predicted octanol–water partition coefficient (Wildman–Crippen LogP) is 4.25. The summed E-state index contributed by atoms with van der Waals surface area (Å²) >= 11 is 2.92. The molecule has 0 spiro atoms. The predicted molar refractivity (Wildman–Crippen MR) is 145 cm³/mol. The van der Waals surface area contributed by atoms with Crippen molar-refractivity contribution in [3.8, 4) is 5.75 Å². The molecule has 0 aliphatic carbocycles. The van der Waals surface area contributed by atoms with Crippen LogP contribution < -0.4 is 19.6 Å². The molecule has 1 aromatic heterocycles. The van der Waals surface area contributed by atoms with E-state index in [0.717, 1.165) is 21.8 Å². The van der Waals surface area contributed by atoms with E-state index >= 15 is 0 Å². The van der Waals surface area contributed by atoms with Gasteiger partial charge in [0.05, 0.1) is 21.8 Å². The van der Waals surface area contributed by atoms with Crippen molar-refractivity contribution >= 4 is 35.1 Å². The molecule has 1 aliphatic rings. The number of nitrogens with zero attached hydrogens (tertiary/aromatic N) is 2. The van der Waals surface area contributed by atoms with Crippen LogP contribution in [0, 0.1) is 0 Å². The molecule has 4 rings (SSSR count). The normalized spacial score (nSPS) is 15.2. The highest BCUT2D eigenvalue weighted by molar-refractivity contribution is 7.98. The second kappa shape index (κ2) is 11.4. The topological polar surface area (TPSA) is 69.9 Å². The molecule has 1 atom stereocenters. The number of benzene rings is 2. The van der Waals surface area contributed by atoms with Gasteiger partial charge >= 0.3 is 5.97 Å². The van der Waals surface area contributed by atoms with E-state index in [2.05, 4.69) is 18.2 Å². The maximum absolute atomic E-state index is 13.7. The Morgan fingerprint density at radius 3 is 2.44 bits per heavy atom. The second-order valence-electron chi connectivity index (χ2n) is 7.91. The minimum Gasteiger partial charge on any atom is -0.490 e. The van der Waals surface area contributed by atoms with E-state index in [1.165, 1.54) is 17.4 Å². The minimum atomic E-state index is -0.647. The van der Waals surface area contributed by atoms with Gasteiger partial charge in [0.1, 0.15) is 19.0 Å². The molecular weight excluding hydrogens is 492 g/mol. The van der Waals surface area contributed by atoms with Crippen LogP contribution >= 0.6 is 23.1 Å².